The summed E-state index contributed by atoms with van der Waals surface area (Å²) in [7, 11) is 0. The topological polar surface area (TPSA) is 41.5 Å². The zero-order valence-corrected chi connectivity index (χ0v) is 6.50. The molecule has 0 spiro atoms. The van der Waals surface area contributed by atoms with E-state index >= 15 is 0 Å². The Morgan fingerprint density at radius 1 is 1.50 bits per heavy atom. The number of aliphatic hydroxyl groups is 1. The van der Waals surface area contributed by atoms with Gasteiger partial charge in [-0.3, -0.25) is 0 Å². The monoisotopic (exact) mass is 145 g/mol. The van der Waals surface area contributed by atoms with Crippen LogP contribution >= 0.6 is 0 Å². The highest BCUT2D eigenvalue weighted by atomic mass is 16.5. The number of nitrogens with one attached hydrogen (secondary N) is 1. The molecule has 0 aromatic rings. The molecule has 0 aromatic carbocycles. The highest BCUT2D eigenvalue weighted by Crippen LogP contribution is 2.05. The van der Waals surface area contributed by atoms with E-state index in [1.54, 1.807) is 0 Å². The molecule has 1 aliphatic rings. The highest BCUT2D eigenvalue weighted by molar-refractivity contribution is 4.81. The second-order valence-electron chi connectivity index (χ2n) is 3.03. The Kier molecular flexibility index (Phi) is 2.65. The lowest BCUT2D eigenvalue weighted by Gasteiger charge is -2.16. The van der Waals surface area contributed by atoms with Crippen LogP contribution in [0.15, 0.2) is 0 Å². The third-order valence-electron chi connectivity index (χ3n) is 1.60. The molecular weight excluding hydrogens is 130 g/mol. The van der Waals surface area contributed by atoms with Crippen molar-refractivity contribution in [2.45, 2.75) is 32.0 Å². The van der Waals surface area contributed by atoms with Gasteiger partial charge in [0.25, 0.3) is 0 Å². The molecule has 0 aromatic heterocycles. The Morgan fingerprint density at radius 3 is 2.60 bits per heavy atom. The fourth-order valence-electron chi connectivity index (χ4n) is 1.13. The van der Waals surface area contributed by atoms with Crippen molar-refractivity contribution in [3.8, 4) is 0 Å². The number of hydrogen-bond acceptors (Lipinski definition) is 3. The molecule has 10 heavy (non-hydrogen) atoms. The van der Waals surface area contributed by atoms with Crippen LogP contribution in [-0.4, -0.2) is 36.5 Å². The average Bonchev–Trinajstić information content (AvgIpc) is 2.15. The van der Waals surface area contributed by atoms with E-state index in [0.29, 0.717) is 19.3 Å². The van der Waals surface area contributed by atoms with Crippen LogP contribution < -0.4 is 5.32 Å². The Morgan fingerprint density at radius 2 is 2.20 bits per heavy atom. The summed E-state index contributed by atoms with van der Waals surface area (Å²) in [5.74, 6) is 0. The summed E-state index contributed by atoms with van der Waals surface area (Å²) in [6.45, 7) is 5.24. The Labute approximate surface area is 61.4 Å². The van der Waals surface area contributed by atoms with Crippen LogP contribution in [0.2, 0.25) is 0 Å². The van der Waals surface area contributed by atoms with E-state index in [4.69, 9.17) is 4.74 Å². The van der Waals surface area contributed by atoms with Gasteiger partial charge < -0.3 is 15.2 Å². The second kappa shape index (κ2) is 3.32. The van der Waals surface area contributed by atoms with E-state index in [0.717, 1.165) is 0 Å². The zero-order valence-electron chi connectivity index (χ0n) is 6.50. The Balaban J connectivity index is 2.26. The minimum Gasteiger partial charge on any atom is -0.389 e. The van der Waals surface area contributed by atoms with Crippen LogP contribution in [0.1, 0.15) is 13.8 Å². The molecule has 1 fully saturated rings. The molecule has 1 aliphatic heterocycles. The molecule has 3 heteroatoms. The average molecular weight is 145 g/mol. The molecule has 2 atom stereocenters. The summed E-state index contributed by atoms with van der Waals surface area (Å²) < 4.78 is 5.06. The van der Waals surface area contributed by atoms with E-state index in [-0.39, 0.29) is 12.1 Å². The molecule has 1 unspecified atom stereocenters. The highest BCUT2D eigenvalue weighted by Gasteiger charge is 2.25. The van der Waals surface area contributed by atoms with Crippen LogP contribution in [-0.2, 0) is 4.74 Å². The molecule has 0 amide bonds. The summed E-state index contributed by atoms with van der Waals surface area (Å²) in [6.07, 6.45) is -0.317. The molecule has 1 rings (SSSR count). The van der Waals surface area contributed by atoms with Gasteiger partial charge in [-0.05, 0) is 0 Å². The first kappa shape index (κ1) is 7.98. The van der Waals surface area contributed by atoms with Gasteiger partial charge >= 0.3 is 0 Å². The smallest absolute Gasteiger partial charge is 0.0948 e. The van der Waals surface area contributed by atoms with Gasteiger partial charge in [-0.1, -0.05) is 13.8 Å². The molecule has 1 heterocycles. The molecule has 3 nitrogen and oxygen atoms in total. The Hall–Kier alpha value is -0.120. The van der Waals surface area contributed by atoms with E-state index in [9.17, 15) is 5.11 Å². The predicted octanol–water partition coefficient (Wildman–Crippen LogP) is -0.256. The first-order valence-corrected chi connectivity index (χ1v) is 3.72. The molecule has 1 saturated heterocycles. The summed E-state index contributed by atoms with van der Waals surface area (Å²) in [4.78, 5) is 0. The number of aliphatic hydroxyl groups excluding tert-OH is 1. The SMILES string of the molecule is CC(C)NC1COC[C@H]1O. The van der Waals surface area contributed by atoms with Gasteiger partial charge in [0.05, 0.1) is 25.4 Å². The van der Waals surface area contributed by atoms with Crippen molar-refractivity contribution in [2.75, 3.05) is 13.2 Å². The van der Waals surface area contributed by atoms with Crippen LogP contribution in [0.3, 0.4) is 0 Å². The van der Waals surface area contributed by atoms with E-state index in [1.807, 2.05) is 0 Å². The van der Waals surface area contributed by atoms with Crippen molar-refractivity contribution >= 4 is 0 Å². The van der Waals surface area contributed by atoms with Crippen molar-refractivity contribution in [1.82, 2.24) is 5.32 Å². The first-order chi connectivity index (χ1) is 4.70. The van der Waals surface area contributed by atoms with E-state index in [2.05, 4.69) is 19.2 Å². The van der Waals surface area contributed by atoms with Crippen molar-refractivity contribution in [2.24, 2.45) is 0 Å². The van der Waals surface area contributed by atoms with Crippen molar-refractivity contribution in [3.05, 3.63) is 0 Å². The Bertz CT molecular complexity index is 106. The third kappa shape index (κ3) is 1.94. The van der Waals surface area contributed by atoms with Crippen LogP contribution in [0, 0.1) is 0 Å². The van der Waals surface area contributed by atoms with Gasteiger partial charge in [0.15, 0.2) is 0 Å². The molecule has 2 N–H and O–H groups in total. The van der Waals surface area contributed by atoms with Crippen molar-refractivity contribution < 1.29 is 9.84 Å². The maximum atomic E-state index is 9.25. The summed E-state index contributed by atoms with van der Waals surface area (Å²) in [5, 5.41) is 12.5. The maximum Gasteiger partial charge on any atom is 0.0948 e. The van der Waals surface area contributed by atoms with Gasteiger partial charge in [-0.2, -0.15) is 0 Å². The first-order valence-electron chi connectivity index (χ1n) is 3.72. The minimum absolute atomic E-state index is 0.139. The second-order valence-corrected chi connectivity index (χ2v) is 3.03. The predicted molar refractivity (Wildman–Crippen MR) is 38.9 cm³/mol. The number of hydrogen-bond donors (Lipinski definition) is 2. The van der Waals surface area contributed by atoms with Gasteiger partial charge in [-0.25, -0.2) is 0 Å². The van der Waals surface area contributed by atoms with Crippen LogP contribution in [0.4, 0.5) is 0 Å². The zero-order chi connectivity index (χ0) is 7.56. The van der Waals surface area contributed by atoms with Gasteiger partial charge in [-0.15, -0.1) is 0 Å². The van der Waals surface area contributed by atoms with E-state index < -0.39 is 0 Å². The lowest BCUT2D eigenvalue weighted by Crippen LogP contribution is -2.42. The summed E-state index contributed by atoms with van der Waals surface area (Å²) >= 11 is 0. The molecule has 0 saturated carbocycles. The van der Waals surface area contributed by atoms with Gasteiger partial charge in [0, 0.05) is 6.04 Å². The molecule has 0 aliphatic carbocycles. The fourth-order valence-corrected chi connectivity index (χ4v) is 1.13. The lowest BCUT2D eigenvalue weighted by atomic mass is 10.2. The quantitative estimate of drug-likeness (QED) is 0.562. The van der Waals surface area contributed by atoms with Gasteiger partial charge in [0.2, 0.25) is 0 Å². The summed E-state index contributed by atoms with van der Waals surface area (Å²) in [6, 6.07) is 0.557. The molecule has 0 radical (unpaired) electrons. The molecule has 60 valence electrons. The standard InChI is InChI=1S/C7H15NO2/c1-5(2)8-6-3-10-4-7(6)9/h5-9H,3-4H2,1-2H3/t6?,7-/m1/s1. The van der Waals surface area contributed by atoms with Crippen molar-refractivity contribution in [1.29, 1.82) is 0 Å². The molecule has 0 bridgehead atoms. The van der Waals surface area contributed by atoms with Crippen LogP contribution in [0.25, 0.3) is 0 Å². The number of rotatable bonds is 2. The van der Waals surface area contributed by atoms with Crippen LogP contribution in [0.5, 0.6) is 0 Å². The summed E-state index contributed by atoms with van der Waals surface area (Å²) in [5.41, 5.74) is 0. The fraction of sp³-hybridized carbons (Fsp3) is 1.00. The van der Waals surface area contributed by atoms with Gasteiger partial charge in [0.1, 0.15) is 0 Å². The largest absolute Gasteiger partial charge is 0.389 e. The van der Waals surface area contributed by atoms with Crippen molar-refractivity contribution in [3.63, 3.8) is 0 Å². The lowest BCUT2D eigenvalue weighted by molar-refractivity contribution is 0.121. The van der Waals surface area contributed by atoms with E-state index in [1.165, 1.54) is 0 Å². The third-order valence-corrected chi connectivity index (χ3v) is 1.60. The maximum absolute atomic E-state index is 9.25. The minimum atomic E-state index is -0.317. The molecular formula is C7H15NO2. The number of ether oxygens (including phenoxy) is 1. The normalized spacial score (nSPS) is 33.6.